The maximum Gasteiger partial charge on any atom is 0.335 e. The van der Waals surface area contributed by atoms with Gasteiger partial charge in [-0.3, -0.25) is 4.57 Å². The standard InChI is InChI=1S/C15H12N2O2/c1-10-8-11(6-7-12(10)15(18)19)17-9-16-13-4-2-3-5-14(13)17/h2-9H,1H3,(H,18,19). The lowest BCUT2D eigenvalue weighted by molar-refractivity contribution is 0.0696. The monoisotopic (exact) mass is 252 g/mol. The molecule has 0 unspecified atom stereocenters. The number of carboxylic acids is 1. The minimum atomic E-state index is -0.903. The molecule has 0 saturated carbocycles. The number of aromatic carboxylic acids is 1. The number of benzene rings is 2. The molecular formula is C15H12N2O2. The summed E-state index contributed by atoms with van der Waals surface area (Å²) in [6.07, 6.45) is 1.75. The second-order valence-corrected chi connectivity index (χ2v) is 4.41. The normalized spacial score (nSPS) is 10.8. The van der Waals surface area contributed by atoms with Crippen molar-refractivity contribution in [2.75, 3.05) is 0 Å². The van der Waals surface area contributed by atoms with Gasteiger partial charge in [0.05, 0.1) is 16.6 Å². The maximum atomic E-state index is 11.0. The van der Waals surface area contributed by atoms with E-state index in [1.807, 2.05) is 34.9 Å². The lowest BCUT2D eigenvalue weighted by Crippen LogP contribution is -2.01. The third kappa shape index (κ3) is 1.87. The van der Waals surface area contributed by atoms with Crippen LogP contribution in [0.15, 0.2) is 48.8 Å². The van der Waals surface area contributed by atoms with Crippen LogP contribution in [0, 0.1) is 6.92 Å². The lowest BCUT2D eigenvalue weighted by Gasteiger charge is -2.07. The van der Waals surface area contributed by atoms with E-state index in [2.05, 4.69) is 4.98 Å². The van der Waals surface area contributed by atoms with Gasteiger partial charge in [-0.25, -0.2) is 9.78 Å². The molecule has 0 spiro atoms. The highest BCUT2D eigenvalue weighted by Gasteiger charge is 2.09. The van der Waals surface area contributed by atoms with E-state index >= 15 is 0 Å². The van der Waals surface area contributed by atoms with Gasteiger partial charge < -0.3 is 5.11 Å². The Morgan fingerprint density at radius 1 is 1.21 bits per heavy atom. The molecule has 1 N–H and O–H groups in total. The molecule has 0 fully saturated rings. The maximum absolute atomic E-state index is 11.0. The van der Waals surface area contributed by atoms with Gasteiger partial charge in [0, 0.05) is 5.69 Å². The van der Waals surface area contributed by atoms with E-state index in [1.54, 1.807) is 25.4 Å². The minimum absolute atomic E-state index is 0.327. The number of carbonyl (C=O) groups is 1. The Balaban J connectivity index is 2.17. The first-order chi connectivity index (χ1) is 9.16. The molecule has 3 rings (SSSR count). The average Bonchev–Trinajstić information content (AvgIpc) is 2.82. The number of hydrogen-bond donors (Lipinski definition) is 1. The van der Waals surface area contributed by atoms with Gasteiger partial charge in [-0.05, 0) is 42.8 Å². The van der Waals surface area contributed by atoms with Gasteiger partial charge >= 0.3 is 5.97 Å². The highest BCUT2D eigenvalue weighted by atomic mass is 16.4. The molecule has 2 aromatic carbocycles. The van der Waals surface area contributed by atoms with Gasteiger partial charge in [0.2, 0.25) is 0 Å². The number of fused-ring (bicyclic) bond motifs is 1. The highest BCUT2D eigenvalue weighted by Crippen LogP contribution is 2.20. The van der Waals surface area contributed by atoms with Crippen molar-refractivity contribution in [3.8, 4) is 5.69 Å². The van der Waals surface area contributed by atoms with Crippen molar-refractivity contribution in [1.29, 1.82) is 0 Å². The molecule has 1 heterocycles. The Hall–Kier alpha value is -2.62. The molecule has 0 atom stereocenters. The van der Waals surface area contributed by atoms with Crippen molar-refractivity contribution in [2.45, 2.75) is 6.92 Å². The summed E-state index contributed by atoms with van der Waals surface area (Å²) in [6.45, 7) is 1.80. The van der Waals surface area contributed by atoms with E-state index < -0.39 is 5.97 Å². The Morgan fingerprint density at radius 2 is 2.00 bits per heavy atom. The number of aromatic nitrogens is 2. The first-order valence-electron chi connectivity index (χ1n) is 5.93. The number of hydrogen-bond acceptors (Lipinski definition) is 2. The molecule has 1 aromatic heterocycles. The molecule has 4 heteroatoms. The fourth-order valence-electron chi connectivity index (χ4n) is 2.20. The number of rotatable bonds is 2. The first-order valence-corrected chi connectivity index (χ1v) is 5.93. The Kier molecular flexibility index (Phi) is 2.56. The zero-order chi connectivity index (χ0) is 13.4. The molecule has 0 aliphatic rings. The van der Waals surface area contributed by atoms with Gasteiger partial charge in [-0.15, -0.1) is 0 Å². The highest BCUT2D eigenvalue weighted by molar-refractivity contribution is 5.89. The number of aryl methyl sites for hydroxylation is 1. The van der Waals surface area contributed by atoms with Gasteiger partial charge in [0.15, 0.2) is 0 Å². The van der Waals surface area contributed by atoms with E-state index in [4.69, 9.17) is 5.11 Å². The SMILES string of the molecule is Cc1cc(-n2cnc3ccccc32)ccc1C(=O)O. The molecule has 3 aromatic rings. The summed E-state index contributed by atoms with van der Waals surface area (Å²) in [5, 5.41) is 9.04. The molecule has 0 amide bonds. The van der Waals surface area contributed by atoms with Crippen molar-refractivity contribution >= 4 is 17.0 Å². The Labute approximate surface area is 109 Å². The number of nitrogens with zero attached hydrogens (tertiary/aromatic N) is 2. The largest absolute Gasteiger partial charge is 0.478 e. The van der Waals surface area contributed by atoms with E-state index in [0.717, 1.165) is 22.3 Å². The van der Waals surface area contributed by atoms with Gasteiger partial charge in [0.1, 0.15) is 6.33 Å². The zero-order valence-electron chi connectivity index (χ0n) is 10.4. The molecule has 94 valence electrons. The topological polar surface area (TPSA) is 55.1 Å². The summed E-state index contributed by atoms with van der Waals surface area (Å²) in [5.41, 5.74) is 3.90. The first kappa shape index (κ1) is 11.5. The molecule has 0 bridgehead atoms. The zero-order valence-corrected chi connectivity index (χ0v) is 10.4. The summed E-state index contributed by atoms with van der Waals surface area (Å²) in [5.74, 6) is -0.903. The van der Waals surface area contributed by atoms with Crippen molar-refractivity contribution in [1.82, 2.24) is 9.55 Å². The smallest absolute Gasteiger partial charge is 0.335 e. The number of imidazole rings is 1. The van der Waals surface area contributed by atoms with E-state index in [-0.39, 0.29) is 0 Å². The third-order valence-electron chi connectivity index (χ3n) is 3.17. The van der Waals surface area contributed by atoms with E-state index in [1.165, 1.54) is 0 Å². The second kappa shape index (κ2) is 4.24. The summed E-state index contributed by atoms with van der Waals surface area (Å²) in [6, 6.07) is 13.1. The quantitative estimate of drug-likeness (QED) is 0.762. The average molecular weight is 252 g/mol. The molecule has 0 radical (unpaired) electrons. The Bertz CT molecular complexity index is 775. The predicted molar refractivity (Wildman–Crippen MR) is 72.8 cm³/mol. The van der Waals surface area contributed by atoms with Crippen LogP contribution in [0.2, 0.25) is 0 Å². The minimum Gasteiger partial charge on any atom is -0.478 e. The van der Waals surface area contributed by atoms with Crippen LogP contribution < -0.4 is 0 Å². The molecular weight excluding hydrogens is 240 g/mol. The van der Waals surface area contributed by atoms with Crippen molar-refractivity contribution in [3.63, 3.8) is 0 Å². The fraction of sp³-hybridized carbons (Fsp3) is 0.0667. The predicted octanol–water partition coefficient (Wildman–Crippen LogP) is 3.03. The molecule has 19 heavy (non-hydrogen) atoms. The Morgan fingerprint density at radius 3 is 2.74 bits per heavy atom. The molecule has 0 saturated heterocycles. The third-order valence-corrected chi connectivity index (χ3v) is 3.17. The van der Waals surface area contributed by atoms with Crippen LogP contribution >= 0.6 is 0 Å². The molecule has 0 aliphatic carbocycles. The van der Waals surface area contributed by atoms with Crippen LogP contribution in [0.25, 0.3) is 16.7 Å². The van der Waals surface area contributed by atoms with Crippen LogP contribution in [0.1, 0.15) is 15.9 Å². The van der Waals surface area contributed by atoms with Crippen LogP contribution in [0.5, 0.6) is 0 Å². The van der Waals surface area contributed by atoms with E-state index in [0.29, 0.717) is 5.56 Å². The summed E-state index contributed by atoms with van der Waals surface area (Å²) < 4.78 is 1.95. The summed E-state index contributed by atoms with van der Waals surface area (Å²) in [4.78, 5) is 15.3. The second-order valence-electron chi connectivity index (χ2n) is 4.41. The van der Waals surface area contributed by atoms with Gasteiger partial charge in [-0.2, -0.15) is 0 Å². The lowest BCUT2D eigenvalue weighted by atomic mass is 10.1. The summed E-state index contributed by atoms with van der Waals surface area (Å²) >= 11 is 0. The molecule has 4 nitrogen and oxygen atoms in total. The van der Waals surface area contributed by atoms with Gasteiger partial charge in [0.25, 0.3) is 0 Å². The van der Waals surface area contributed by atoms with Crippen molar-refractivity contribution in [2.24, 2.45) is 0 Å². The molecule has 0 aliphatic heterocycles. The van der Waals surface area contributed by atoms with Gasteiger partial charge in [-0.1, -0.05) is 12.1 Å². The number of para-hydroxylation sites is 2. The fourth-order valence-corrected chi connectivity index (χ4v) is 2.20. The van der Waals surface area contributed by atoms with Crippen LogP contribution in [0.4, 0.5) is 0 Å². The van der Waals surface area contributed by atoms with Crippen LogP contribution in [-0.2, 0) is 0 Å². The summed E-state index contributed by atoms with van der Waals surface area (Å²) in [7, 11) is 0. The van der Waals surface area contributed by atoms with Crippen LogP contribution in [0.3, 0.4) is 0 Å². The number of carboxylic acid groups (broad SMARTS) is 1. The van der Waals surface area contributed by atoms with E-state index in [9.17, 15) is 4.79 Å². The van der Waals surface area contributed by atoms with Crippen LogP contribution in [-0.4, -0.2) is 20.6 Å². The van der Waals surface area contributed by atoms with Crippen molar-refractivity contribution in [3.05, 3.63) is 59.9 Å². The van der Waals surface area contributed by atoms with Crippen molar-refractivity contribution < 1.29 is 9.90 Å².